The van der Waals surface area contributed by atoms with Crippen molar-refractivity contribution in [2.24, 2.45) is 5.10 Å². The fraction of sp³-hybridized carbons (Fsp3) is 0.200. The highest BCUT2D eigenvalue weighted by Gasteiger charge is 2.22. The third-order valence-electron chi connectivity index (χ3n) is 4.89. The lowest BCUT2D eigenvalue weighted by Gasteiger charge is -2.22. The summed E-state index contributed by atoms with van der Waals surface area (Å²) < 4.78 is 42.0. The maximum Gasteiger partial charge on any atom is 0.260 e. The molecule has 0 saturated heterocycles. The minimum absolute atomic E-state index is 0.254. The first-order valence-corrected chi connectivity index (χ1v) is 12.4. The molecule has 0 unspecified atom stereocenters. The lowest BCUT2D eigenvalue weighted by molar-refractivity contribution is -0.119. The van der Waals surface area contributed by atoms with Crippen LogP contribution in [0.5, 0.6) is 17.2 Å². The minimum atomic E-state index is -3.77. The van der Waals surface area contributed by atoms with Crippen molar-refractivity contribution >= 4 is 27.8 Å². The van der Waals surface area contributed by atoms with Crippen molar-refractivity contribution in [1.29, 1.82) is 0 Å². The van der Waals surface area contributed by atoms with Gasteiger partial charge in [0, 0.05) is 11.6 Å². The summed E-state index contributed by atoms with van der Waals surface area (Å²) in [4.78, 5) is 12.5. The van der Waals surface area contributed by atoms with Gasteiger partial charge >= 0.3 is 0 Å². The van der Waals surface area contributed by atoms with Gasteiger partial charge in [0.05, 0.1) is 32.4 Å². The summed E-state index contributed by atoms with van der Waals surface area (Å²) in [7, 11) is -0.857. The summed E-state index contributed by atoms with van der Waals surface area (Å²) in [5.41, 5.74) is 4.30. The van der Waals surface area contributed by atoms with Gasteiger partial charge in [0.1, 0.15) is 18.9 Å². The van der Waals surface area contributed by atoms with Gasteiger partial charge in [-0.2, -0.15) is 5.10 Å². The number of nitrogens with zero attached hydrogens (tertiary/aromatic N) is 2. The SMILES string of the molecule is COc1ccc(N(CC(=O)NN=Cc2ccccc2OCc2ccccc2)S(C)(=O)=O)cc1OC. The van der Waals surface area contributed by atoms with E-state index in [2.05, 4.69) is 10.5 Å². The van der Waals surface area contributed by atoms with Crippen LogP contribution in [0.25, 0.3) is 0 Å². The molecule has 184 valence electrons. The summed E-state index contributed by atoms with van der Waals surface area (Å²) in [6.07, 6.45) is 2.46. The van der Waals surface area contributed by atoms with Crippen LogP contribution in [0.3, 0.4) is 0 Å². The molecular formula is C25H27N3O6S. The second-order valence-electron chi connectivity index (χ2n) is 7.41. The van der Waals surface area contributed by atoms with Crippen LogP contribution in [0.4, 0.5) is 5.69 Å². The highest BCUT2D eigenvalue weighted by molar-refractivity contribution is 7.92. The molecule has 1 amide bonds. The molecule has 35 heavy (non-hydrogen) atoms. The summed E-state index contributed by atoms with van der Waals surface area (Å²) in [6.45, 7) is -0.0928. The van der Waals surface area contributed by atoms with Crippen molar-refractivity contribution in [2.45, 2.75) is 6.61 Å². The predicted molar refractivity (Wildman–Crippen MR) is 135 cm³/mol. The normalized spacial score (nSPS) is 11.2. The fourth-order valence-corrected chi connectivity index (χ4v) is 4.02. The lowest BCUT2D eigenvalue weighted by atomic mass is 10.2. The molecule has 3 aromatic carbocycles. The van der Waals surface area contributed by atoms with E-state index in [-0.39, 0.29) is 5.69 Å². The Hall–Kier alpha value is -4.05. The van der Waals surface area contributed by atoms with Gasteiger partial charge in [-0.25, -0.2) is 13.8 Å². The van der Waals surface area contributed by atoms with Crippen molar-refractivity contribution < 1.29 is 27.4 Å². The molecule has 0 aromatic heterocycles. The van der Waals surface area contributed by atoms with Crippen molar-refractivity contribution in [3.63, 3.8) is 0 Å². The quantitative estimate of drug-likeness (QED) is 0.322. The molecule has 0 atom stereocenters. The number of amides is 1. The Balaban J connectivity index is 1.68. The van der Waals surface area contributed by atoms with Crippen molar-refractivity contribution in [2.75, 3.05) is 31.3 Å². The van der Waals surface area contributed by atoms with E-state index in [1.165, 1.54) is 32.6 Å². The second-order valence-corrected chi connectivity index (χ2v) is 9.32. The van der Waals surface area contributed by atoms with Crippen LogP contribution in [0, 0.1) is 0 Å². The number of para-hydroxylation sites is 1. The number of rotatable bonds is 11. The second kappa shape index (κ2) is 11.9. The molecule has 0 aliphatic heterocycles. The Morgan fingerprint density at radius 2 is 1.63 bits per heavy atom. The Bertz CT molecular complexity index is 1280. The number of hydrazone groups is 1. The Morgan fingerprint density at radius 1 is 0.943 bits per heavy atom. The zero-order chi connectivity index (χ0) is 25.3. The molecule has 10 heteroatoms. The molecule has 1 N–H and O–H groups in total. The number of hydrogen-bond acceptors (Lipinski definition) is 7. The average molecular weight is 498 g/mol. The summed E-state index contributed by atoms with van der Waals surface area (Å²) in [5, 5.41) is 3.98. The smallest absolute Gasteiger partial charge is 0.260 e. The molecule has 0 radical (unpaired) electrons. The number of carbonyl (C=O) groups excluding carboxylic acids is 1. The molecule has 0 aliphatic rings. The number of sulfonamides is 1. The minimum Gasteiger partial charge on any atom is -0.493 e. The highest BCUT2D eigenvalue weighted by atomic mass is 32.2. The van der Waals surface area contributed by atoms with Crippen LogP contribution in [0.15, 0.2) is 77.9 Å². The van der Waals surface area contributed by atoms with Gasteiger partial charge in [-0.15, -0.1) is 0 Å². The van der Waals surface area contributed by atoms with Crippen LogP contribution in [0.1, 0.15) is 11.1 Å². The molecule has 9 nitrogen and oxygen atoms in total. The topological polar surface area (TPSA) is 107 Å². The van der Waals surface area contributed by atoms with Crippen LogP contribution in [-0.2, 0) is 21.4 Å². The molecule has 0 fully saturated rings. The van der Waals surface area contributed by atoms with E-state index in [4.69, 9.17) is 14.2 Å². The monoisotopic (exact) mass is 497 g/mol. The van der Waals surface area contributed by atoms with Crippen LogP contribution in [-0.4, -0.2) is 47.6 Å². The molecule has 0 bridgehead atoms. The molecule has 0 heterocycles. The van der Waals surface area contributed by atoms with Gasteiger partial charge in [-0.05, 0) is 29.8 Å². The number of hydrogen-bond donors (Lipinski definition) is 1. The zero-order valence-corrected chi connectivity index (χ0v) is 20.5. The van der Waals surface area contributed by atoms with E-state index in [1.54, 1.807) is 18.2 Å². The van der Waals surface area contributed by atoms with Crippen molar-refractivity contribution in [3.8, 4) is 17.2 Å². The molecule has 3 aromatic rings. The van der Waals surface area contributed by atoms with Gasteiger partial charge in [0.15, 0.2) is 11.5 Å². The van der Waals surface area contributed by atoms with Gasteiger partial charge in [0.25, 0.3) is 5.91 Å². The molecule has 0 spiro atoms. The first-order valence-electron chi connectivity index (χ1n) is 10.6. The van der Waals surface area contributed by atoms with Crippen molar-refractivity contribution in [1.82, 2.24) is 5.43 Å². The number of methoxy groups -OCH3 is 2. The zero-order valence-electron chi connectivity index (χ0n) is 19.7. The van der Waals surface area contributed by atoms with E-state index >= 15 is 0 Å². The average Bonchev–Trinajstić information content (AvgIpc) is 2.86. The van der Waals surface area contributed by atoms with Crippen molar-refractivity contribution in [3.05, 3.63) is 83.9 Å². The highest BCUT2D eigenvalue weighted by Crippen LogP contribution is 2.32. The van der Waals surface area contributed by atoms with E-state index in [1.807, 2.05) is 42.5 Å². The number of benzene rings is 3. The van der Waals surface area contributed by atoms with Gasteiger partial charge in [0.2, 0.25) is 10.0 Å². The summed E-state index contributed by atoms with van der Waals surface area (Å²) >= 11 is 0. The molecular weight excluding hydrogens is 470 g/mol. The molecule has 0 saturated carbocycles. The number of nitrogens with one attached hydrogen (secondary N) is 1. The third-order valence-corrected chi connectivity index (χ3v) is 6.03. The summed E-state index contributed by atoms with van der Waals surface area (Å²) in [5.74, 6) is 0.748. The van der Waals surface area contributed by atoms with Crippen LogP contribution in [0.2, 0.25) is 0 Å². The van der Waals surface area contributed by atoms with Crippen LogP contribution < -0.4 is 23.9 Å². The number of ether oxygens (including phenoxy) is 3. The Labute approximate surface area is 205 Å². The third kappa shape index (κ3) is 7.21. The van der Waals surface area contributed by atoms with Crippen LogP contribution >= 0.6 is 0 Å². The first kappa shape index (κ1) is 25.6. The fourth-order valence-electron chi connectivity index (χ4n) is 3.17. The van der Waals surface area contributed by atoms with E-state index in [0.717, 1.165) is 16.1 Å². The molecule has 3 rings (SSSR count). The predicted octanol–water partition coefficient (Wildman–Crippen LogP) is 3.20. The van der Waals surface area contributed by atoms with E-state index in [0.29, 0.717) is 29.4 Å². The van der Waals surface area contributed by atoms with E-state index in [9.17, 15) is 13.2 Å². The number of anilines is 1. The number of carbonyl (C=O) groups is 1. The van der Waals surface area contributed by atoms with Gasteiger partial charge < -0.3 is 14.2 Å². The maximum absolute atomic E-state index is 12.5. The molecule has 0 aliphatic carbocycles. The largest absolute Gasteiger partial charge is 0.493 e. The standard InChI is InChI=1S/C25H27N3O6S/c1-32-23-14-13-21(15-24(23)33-2)28(35(3,30)31)17-25(29)27-26-16-20-11-7-8-12-22(20)34-18-19-9-5-4-6-10-19/h4-16H,17-18H2,1-3H3,(H,27,29). The summed E-state index contributed by atoms with van der Waals surface area (Å²) in [6, 6.07) is 21.5. The lowest BCUT2D eigenvalue weighted by Crippen LogP contribution is -2.39. The maximum atomic E-state index is 12.5. The van der Waals surface area contributed by atoms with Gasteiger partial charge in [-0.1, -0.05) is 42.5 Å². The Morgan fingerprint density at radius 3 is 2.31 bits per heavy atom. The van der Waals surface area contributed by atoms with Gasteiger partial charge in [-0.3, -0.25) is 9.10 Å². The first-order chi connectivity index (χ1) is 16.8. The van der Waals surface area contributed by atoms with E-state index < -0.39 is 22.5 Å². The Kier molecular flexibility index (Phi) is 8.69.